The van der Waals surface area contributed by atoms with Crippen molar-refractivity contribution in [3.63, 3.8) is 0 Å². The van der Waals surface area contributed by atoms with Crippen molar-refractivity contribution in [3.8, 4) is 0 Å². The summed E-state index contributed by atoms with van der Waals surface area (Å²) >= 11 is 0. The molecule has 1 aromatic heterocycles. The topological polar surface area (TPSA) is 42.0 Å². The molecule has 0 spiro atoms. The summed E-state index contributed by atoms with van der Waals surface area (Å²) in [6, 6.07) is 1.33. The molecule has 0 bridgehead atoms. The number of carbonyl (C=O) groups is 1. The van der Waals surface area contributed by atoms with Crippen molar-refractivity contribution in [2.24, 2.45) is 0 Å². The molecule has 1 aromatic rings. The summed E-state index contributed by atoms with van der Waals surface area (Å²) in [6.45, 7) is 0.256. The lowest BCUT2D eigenvalue weighted by atomic mass is 9.95. The Morgan fingerprint density at radius 1 is 1.44 bits per heavy atom. The second kappa shape index (κ2) is 3.77. The number of halogens is 3. The summed E-state index contributed by atoms with van der Waals surface area (Å²) < 4.78 is 38.0. The highest BCUT2D eigenvalue weighted by Crippen LogP contribution is 2.36. The number of carbonyl (C=O) groups excluding carboxylic acids is 1. The number of pyridine rings is 1. The first kappa shape index (κ1) is 10.9. The largest absolute Gasteiger partial charge is 0.418 e. The van der Waals surface area contributed by atoms with Crippen molar-refractivity contribution in [2.45, 2.75) is 18.5 Å². The fourth-order valence-electron chi connectivity index (χ4n) is 1.82. The first-order valence-electron chi connectivity index (χ1n) is 4.76. The maximum atomic E-state index is 12.7. The molecule has 1 fully saturated rings. The molecule has 0 radical (unpaired) electrons. The molecule has 1 N–H and O–H groups in total. The molecule has 86 valence electrons. The zero-order chi connectivity index (χ0) is 11.8. The van der Waals surface area contributed by atoms with E-state index in [0.717, 1.165) is 6.20 Å². The van der Waals surface area contributed by atoms with Crippen LogP contribution < -0.4 is 5.32 Å². The molecule has 3 nitrogen and oxygen atoms in total. The fourth-order valence-corrected chi connectivity index (χ4v) is 1.82. The number of aromatic nitrogens is 1. The van der Waals surface area contributed by atoms with E-state index in [0.29, 0.717) is 0 Å². The van der Waals surface area contributed by atoms with E-state index in [1.807, 2.05) is 0 Å². The smallest absolute Gasteiger partial charge is 0.355 e. The number of rotatable bonds is 1. The van der Waals surface area contributed by atoms with Gasteiger partial charge < -0.3 is 5.32 Å². The van der Waals surface area contributed by atoms with Gasteiger partial charge in [-0.2, -0.15) is 13.2 Å². The van der Waals surface area contributed by atoms with Gasteiger partial charge in [-0.25, -0.2) is 0 Å². The normalized spacial score (nSPS) is 20.9. The molecule has 6 heteroatoms. The lowest BCUT2D eigenvalue weighted by Gasteiger charge is -2.15. The van der Waals surface area contributed by atoms with E-state index in [1.54, 1.807) is 0 Å². The lowest BCUT2D eigenvalue weighted by Crippen LogP contribution is -2.15. The first-order valence-corrected chi connectivity index (χ1v) is 4.76. The monoisotopic (exact) mass is 230 g/mol. The average molecular weight is 230 g/mol. The van der Waals surface area contributed by atoms with Gasteiger partial charge in [-0.15, -0.1) is 0 Å². The van der Waals surface area contributed by atoms with Crippen LogP contribution in [0.3, 0.4) is 0 Å². The van der Waals surface area contributed by atoms with Gasteiger partial charge in [0.25, 0.3) is 0 Å². The Hall–Kier alpha value is -1.59. The minimum absolute atomic E-state index is 0.104. The molecule has 0 saturated carbocycles. The highest BCUT2D eigenvalue weighted by molar-refractivity contribution is 5.79. The van der Waals surface area contributed by atoms with Crippen LogP contribution in [0, 0.1) is 0 Å². The molecule has 2 heterocycles. The third-order valence-electron chi connectivity index (χ3n) is 2.58. The van der Waals surface area contributed by atoms with Crippen LogP contribution in [0.2, 0.25) is 0 Å². The Balaban J connectivity index is 2.37. The van der Waals surface area contributed by atoms with Crippen LogP contribution >= 0.6 is 0 Å². The van der Waals surface area contributed by atoms with Gasteiger partial charge in [0, 0.05) is 31.3 Å². The quantitative estimate of drug-likeness (QED) is 0.797. The van der Waals surface area contributed by atoms with Crippen LogP contribution in [0.15, 0.2) is 18.5 Å². The van der Waals surface area contributed by atoms with Crippen molar-refractivity contribution < 1.29 is 18.0 Å². The van der Waals surface area contributed by atoms with Crippen molar-refractivity contribution in [2.75, 3.05) is 6.54 Å². The van der Waals surface area contributed by atoms with Gasteiger partial charge in [0.15, 0.2) is 0 Å². The van der Waals surface area contributed by atoms with E-state index in [9.17, 15) is 18.0 Å². The van der Waals surface area contributed by atoms with Gasteiger partial charge >= 0.3 is 6.18 Å². The van der Waals surface area contributed by atoms with Crippen molar-refractivity contribution in [3.05, 3.63) is 29.6 Å². The minimum atomic E-state index is -4.42. The number of amides is 1. The van der Waals surface area contributed by atoms with Crippen LogP contribution in [-0.4, -0.2) is 17.4 Å². The van der Waals surface area contributed by atoms with E-state index in [2.05, 4.69) is 10.3 Å². The maximum Gasteiger partial charge on any atom is 0.418 e. The molecule has 2 rings (SSSR count). The molecule has 1 saturated heterocycles. The third-order valence-corrected chi connectivity index (χ3v) is 2.58. The highest BCUT2D eigenvalue weighted by atomic mass is 19.4. The summed E-state index contributed by atoms with van der Waals surface area (Å²) in [5, 5.41) is 2.52. The number of hydrogen-bond acceptors (Lipinski definition) is 2. The Morgan fingerprint density at radius 2 is 2.19 bits per heavy atom. The standard InChI is InChI=1S/C10H9F3N2O/c11-10(12,13)8-5-14-2-1-7(8)6-3-9(16)15-4-6/h1-2,5-6H,3-4H2,(H,15,16). The molecule has 1 aliphatic heterocycles. The molecule has 1 atom stereocenters. The summed E-state index contributed by atoms with van der Waals surface area (Å²) in [6.07, 6.45) is -2.20. The van der Waals surface area contributed by atoms with E-state index in [-0.39, 0.29) is 24.4 Å². The summed E-state index contributed by atoms with van der Waals surface area (Å²) in [5.41, 5.74) is -0.614. The van der Waals surface area contributed by atoms with Crippen LogP contribution in [0.1, 0.15) is 23.5 Å². The second-order valence-electron chi connectivity index (χ2n) is 3.67. The van der Waals surface area contributed by atoms with Gasteiger partial charge in [0.05, 0.1) is 5.56 Å². The Labute approximate surface area is 89.7 Å². The number of nitrogens with one attached hydrogen (secondary N) is 1. The van der Waals surface area contributed by atoms with Crippen molar-refractivity contribution in [1.82, 2.24) is 10.3 Å². The van der Waals surface area contributed by atoms with Crippen LogP contribution in [-0.2, 0) is 11.0 Å². The average Bonchev–Trinajstić information content (AvgIpc) is 2.64. The summed E-state index contributed by atoms with van der Waals surface area (Å²) in [5.74, 6) is -0.623. The highest BCUT2D eigenvalue weighted by Gasteiger charge is 2.37. The molecule has 1 unspecified atom stereocenters. The fraction of sp³-hybridized carbons (Fsp3) is 0.400. The molecular weight excluding hydrogens is 221 g/mol. The van der Waals surface area contributed by atoms with Gasteiger partial charge in [-0.1, -0.05) is 0 Å². The predicted octanol–water partition coefficient (Wildman–Crippen LogP) is 1.70. The first-order chi connectivity index (χ1) is 7.48. The number of hydrogen-bond donors (Lipinski definition) is 1. The van der Waals surface area contributed by atoms with E-state index >= 15 is 0 Å². The van der Waals surface area contributed by atoms with E-state index in [4.69, 9.17) is 0 Å². The van der Waals surface area contributed by atoms with Gasteiger partial charge in [0.2, 0.25) is 5.91 Å². The minimum Gasteiger partial charge on any atom is -0.355 e. The van der Waals surface area contributed by atoms with Gasteiger partial charge in [0.1, 0.15) is 0 Å². The Bertz CT molecular complexity index is 417. The SMILES string of the molecule is O=C1CC(c2ccncc2C(F)(F)F)CN1. The van der Waals surface area contributed by atoms with E-state index < -0.39 is 17.7 Å². The third kappa shape index (κ3) is 2.00. The van der Waals surface area contributed by atoms with Crippen molar-refractivity contribution in [1.29, 1.82) is 0 Å². The molecule has 1 aliphatic rings. The van der Waals surface area contributed by atoms with Crippen molar-refractivity contribution >= 4 is 5.91 Å². The van der Waals surface area contributed by atoms with E-state index in [1.165, 1.54) is 12.3 Å². The zero-order valence-corrected chi connectivity index (χ0v) is 8.21. The second-order valence-corrected chi connectivity index (χ2v) is 3.67. The Morgan fingerprint density at radius 3 is 2.75 bits per heavy atom. The van der Waals surface area contributed by atoms with Crippen LogP contribution in [0.4, 0.5) is 13.2 Å². The Kier molecular flexibility index (Phi) is 2.57. The number of nitrogens with zero attached hydrogens (tertiary/aromatic N) is 1. The maximum absolute atomic E-state index is 12.7. The van der Waals surface area contributed by atoms with Crippen LogP contribution in [0.25, 0.3) is 0 Å². The zero-order valence-electron chi connectivity index (χ0n) is 8.21. The molecule has 0 aliphatic carbocycles. The van der Waals surface area contributed by atoms with Gasteiger partial charge in [-0.3, -0.25) is 9.78 Å². The van der Waals surface area contributed by atoms with Crippen LogP contribution in [0.5, 0.6) is 0 Å². The molecule has 0 aromatic carbocycles. The predicted molar refractivity (Wildman–Crippen MR) is 49.6 cm³/mol. The summed E-state index contributed by atoms with van der Waals surface area (Å²) in [7, 11) is 0. The number of alkyl halides is 3. The summed E-state index contributed by atoms with van der Waals surface area (Å²) in [4.78, 5) is 14.5. The lowest BCUT2D eigenvalue weighted by molar-refractivity contribution is -0.138. The molecule has 16 heavy (non-hydrogen) atoms. The molecule has 1 amide bonds. The molecular formula is C10H9F3N2O. The van der Waals surface area contributed by atoms with Gasteiger partial charge in [-0.05, 0) is 11.6 Å².